The minimum atomic E-state index is -1.25. The number of likely N-dealkylation sites (tertiary alicyclic amines) is 1. The zero-order valence-electron chi connectivity index (χ0n) is 25.6. The molecule has 3 heterocycles. The van der Waals surface area contributed by atoms with Gasteiger partial charge >= 0.3 is 5.97 Å². The predicted octanol–water partition coefficient (Wildman–Crippen LogP) is 4.14. The van der Waals surface area contributed by atoms with Gasteiger partial charge < -0.3 is 29.1 Å². The summed E-state index contributed by atoms with van der Waals surface area (Å²) < 4.78 is 17.9. The predicted molar refractivity (Wildman–Crippen MR) is 160 cm³/mol. The number of unbranched alkanes of at least 4 members (excludes halogenated alkanes) is 2. The van der Waals surface area contributed by atoms with Crippen LogP contribution in [-0.2, 0) is 23.9 Å². The normalized spacial score (nSPS) is 30.3. The monoisotopic (exact) mass is 582 g/mol. The van der Waals surface area contributed by atoms with Gasteiger partial charge in [0.1, 0.15) is 23.3 Å². The van der Waals surface area contributed by atoms with Crippen molar-refractivity contribution in [2.45, 2.75) is 76.7 Å². The zero-order chi connectivity index (χ0) is 30.8. The summed E-state index contributed by atoms with van der Waals surface area (Å²) in [6, 6.07) is 5.41. The quantitative estimate of drug-likeness (QED) is 0.200. The first kappa shape index (κ1) is 31.8. The number of aliphatic hydroxyl groups excluding tert-OH is 1. The van der Waals surface area contributed by atoms with E-state index in [1.165, 1.54) is 4.90 Å². The molecule has 7 atom stereocenters. The van der Waals surface area contributed by atoms with Crippen LogP contribution in [0.2, 0.25) is 0 Å². The third-order valence-corrected chi connectivity index (χ3v) is 9.56. The topological polar surface area (TPSA) is 106 Å². The van der Waals surface area contributed by atoms with E-state index in [4.69, 9.17) is 14.2 Å². The van der Waals surface area contributed by atoms with E-state index in [0.29, 0.717) is 24.3 Å². The summed E-state index contributed by atoms with van der Waals surface area (Å²) in [7, 11) is 1.57. The maximum atomic E-state index is 14.7. The number of fused-ring (bicyclic) bond motifs is 1. The highest BCUT2D eigenvalue weighted by Crippen LogP contribution is 2.66. The van der Waals surface area contributed by atoms with Gasteiger partial charge in [0.2, 0.25) is 5.91 Å². The molecule has 1 aromatic rings. The minimum absolute atomic E-state index is 0.115. The number of nitrogens with zero attached hydrogens (tertiary/aromatic N) is 2. The number of aliphatic hydroxyl groups is 1. The summed E-state index contributed by atoms with van der Waals surface area (Å²) in [5, 5.41) is 10.5. The van der Waals surface area contributed by atoms with Gasteiger partial charge in [0.25, 0.3) is 5.91 Å². The van der Waals surface area contributed by atoms with E-state index >= 15 is 0 Å². The first-order chi connectivity index (χ1) is 20.0. The van der Waals surface area contributed by atoms with Crippen LogP contribution in [0.15, 0.2) is 49.6 Å². The summed E-state index contributed by atoms with van der Waals surface area (Å²) in [5.74, 6) is -2.56. The van der Waals surface area contributed by atoms with E-state index in [1.54, 1.807) is 42.4 Å². The van der Waals surface area contributed by atoms with Gasteiger partial charge in [-0.05, 0) is 68.7 Å². The van der Waals surface area contributed by atoms with Crippen LogP contribution in [-0.4, -0.2) is 77.9 Å². The Bertz CT molecular complexity index is 1180. The van der Waals surface area contributed by atoms with Gasteiger partial charge in [0.05, 0.1) is 37.9 Å². The smallest absolute Gasteiger partial charge is 0.312 e. The molecule has 0 saturated carbocycles. The Balaban J connectivity index is 1.78. The van der Waals surface area contributed by atoms with Crippen molar-refractivity contribution in [3.05, 3.63) is 49.6 Å². The number of ether oxygens (including phenoxy) is 3. The number of methoxy groups -OCH3 is 1. The number of carbonyl (C=O) groups is 3. The Labute approximate surface area is 249 Å². The molecule has 42 heavy (non-hydrogen) atoms. The molecule has 3 aliphatic heterocycles. The van der Waals surface area contributed by atoms with Gasteiger partial charge in [0.15, 0.2) is 0 Å². The van der Waals surface area contributed by atoms with Crippen molar-refractivity contribution < 1.29 is 33.7 Å². The number of hydrogen-bond donors (Lipinski definition) is 1. The average molecular weight is 583 g/mol. The summed E-state index contributed by atoms with van der Waals surface area (Å²) >= 11 is 0. The molecule has 3 aliphatic rings. The second-order valence-corrected chi connectivity index (χ2v) is 12.3. The SMILES string of the molecule is C=CCCCCOC(=O)[C@H]1[C@H]2C(=O)N([C@@H](CO)C(C)C)C(C(=O)N(CC=C)c3ccc(OC)cc3)C23CC(C)[C@]1(C)O3. The Morgan fingerprint density at radius 1 is 1.21 bits per heavy atom. The molecule has 0 radical (unpaired) electrons. The minimum Gasteiger partial charge on any atom is -0.497 e. The number of allylic oxidation sites excluding steroid dienone is 1. The summed E-state index contributed by atoms with van der Waals surface area (Å²) in [4.78, 5) is 46.0. The van der Waals surface area contributed by atoms with Crippen molar-refractivity contribution in [1.29, 1.82) is 0 Å². The molecule has 3 saturated heterocycles. The van der Waals surface area contributed by atoms with Gasteiger partial charge in [0, 0.05) is 12.2 Å². The summed E-state index contributed by atoms with van der Waals surface area (Å²) in [5.41, 5.74) is -1.61. The molecule has 2 bridgehead atoms. The average Bonchev–Trinajstić information content (AvgIpc) is 3.48. The number of hydrogen-bond acceptors (Lipinski definition) is 7. The van der Waals surface area contributed by atoms with Crippen LogP contribution in [0.25, 0.3) is 0 Å². The fourth-order valence-electron chi connectivity index (χ4n) is 7.31. The maximum absolute atomic E-state index is 14.7. The van der Waals surface area contributed by atoms with Crippen LogP contribution >= 0.6 is 0 Å². The van der Waals surface area contributed by atoms with Gasteiger partial charge in [-0.2, -0.15) is 0 Å². The van der Waals surface area contributed by atoms with Crippen molar-refractivity contribution >= 4 is 23.5 Å². The molecular formula is C33H46N2O7. The van der Waals surface area contributed by atoms with E-state index in [2.05, 4.69) is 13.2 Å². The van der Waals surface area contributed by atoms with Gasteiger partial charge in [-0.3, -0.25) is 14.4 Å². The van der Waals surface area contributed by atoms with Gasteiger partial charge in [-0.25, -0.2) is 0 Å². The molecule has 9 heteroatoms. The lowest BCUT2D eigenvalue weighted by Crippen LogP contribution is -2.60. The first-order valence-electron chi connectivity index (χ1n) is 15.0. The van der Waals surface area contributed by atoms with Crippen LogP contribution < -0.4 is 9.64 Å². The third-order valence-electron chi connectivity index (χ3n) is 9.56. The van der Waals surface area contributed by atoms with E-state index in [0.717, 1.165) is 12.8 Å². The lowest BCUT2D eigenvalue weighted by molar-refractivity contribution is -0.163. The van der Waals surface area contributed by atoms with Crippen LogP contribution in [0.5, 0.6) is 5.75 Å². The third kappa shape index (κ3) is 5.15. The van der Waals surface area contributed by atoms with Crippen LogP contribution in [0, 0.1) is 23.7 Å². The Morgan fingerprint density at radius 2 is 1.90 bits per heavy atom. The van der Waals surface area contributed by atoms with Gasteiger partial charge in [-0.1, -0.05) is 32.9 Å². The molecular weight excluding hydrogens is 536 g/mol. The summed E-state index contributed by atoms with van der Waals surface area (Å²) in [6.07, 6.45) is 6.25. The lowest BCUT2D eigenvalue weighted by atomic mass is 9.62. The first-order valence-corrected chi connectivity index (χ1v) is 15.0. The number of anilines is 1. The molecule has 4 rings (SSSR count). The van der Waals surface area contributed by atoms with E-state index in [-0.39, 0.29) is 43.4 Å². The standard InChI is InChI=1S/C33H46N2O7/c1-8-10-11-12-18-41-31(39)27-26-29(37)35(25(20-36)21(3)4)28(33(26)19-22(5)32(27,6)42-33)30(38)34(17-9-2)23-13-15-24(40-7)16-14-23/h8-9,13-16,21-22,25-28,36H,1-2,10-12,17-20H2,3-7H3/t22?,25-,26-,27+,28?,32-,33?/m0/s1. The van der Waals surface area contributed by atoms with E-state index in [9.17, 15) is 19.5 Å². The maximum Gasteiger partial charge on any atom is 0.312 e. The lowest BCUT2D eigenvalue weighted by Gasteiger charge is -2.40. The number of amides is 2. The second-order valence-electron chi connectivity index (χ2n) is 12.3. The highest BCUT2D eigenvalue weighted by molar-refractivity contribution is 6.05. The molecule has 0 aliphatic carbocycles. The molecule has 230 valence electrons. The fraction of sp³-hybridized carbons (Fsp3) is 0.606. The number of esters is 1. The van der Waals surface area contributed by atoms with Crippen LogP contribution in [0.3, 0.4) is 0 Å². The number of rotatable bonds is 14. The molecule has 2 amide bonds. The Kier molecular flexibility index (Phi) is 9.52. The van der Waals surface area contributed by atoms with Crippen LogP contribution in [0.4, 0.5) is 5.69 Å². The van der Waals surface area contributed by atoms with Crippen molar-refractivity contribution in [3.63, 3.8) is 0 Å². The molecule has 1 N–H and O–H groups in total. The number of carbonyl (C=O) groups excluding carboxylic acids is 3. The van der Waals surface area contributed by atoms with Crippen molar-refractivity contribution in [1.82, 2.24) is 4.90 Å². The Hall–Kier alpha value is -3.17. The largest absolute Gasteiger partial charge is 0.497 e. The molecule has 3 unspecified atom stereocenters. The second kappa shape index (κ2) is 12.6. The van der Waals surface area contributed by atoms with Gasteiger partial charge in [-0.15, -0.1) is 13.2 Å². The van der Waals surface area contributed by atoms with Crippen LogP contribution in [0.1, 0.15) is 53.4 Å². The van der Waals surface area contributed by atoms with Crippen molar-refractivity contribution in [2.75, 3.05) is 31.8 Å². The molecule has 1 spiro atoms. The molecule has 9 nitrogen and oxygen atoms in total. The van der Waals surface area contributed by atoms with E-state index < -0.39 is 41.1 Å². The Morgan fingerprint density at radius 3 is 2.48 bits per heavy atom. The van der Waals surface area contributed by atoms with Crippen molar-refractivity contribution in [3.8, 4) is 5.75 Å². The molecule has 3 fully saturated rings. The number of benzene rings is 1. The molecule has 0 aromatic heterocycles. The zero-order valence-corrected chi connectivity index (χ0v) is 25.6. The van der Waals surface area contributed by atoms with E-state index in [1.807, 2.05) is 33.8 Å². The fourth-order valence-corrected chi connectivity index (χ4v) is 7.31. The summed E-state index contributed by atoms with van der Waals surface area (Å²) in [6.45, 7) is 15.4. The molecule has 1 aromatic carbocycles. The van der Waals surface area contributed by atoms with Crippen molar-refractivity contribution in [2.24, 2.45) is 23.7 Å². The highest BCUT2D eigenvalue weighted by Gasteiger charge is 2.81. The highest BCUT2D eigenvalue weighted by atomic mass is 16.6.